The van der Waals surface area contributed by atoms with Crippen molar-refractivity contribution >= 4 is 36.4 Å². The number of piperidine rings is 1. The molecule has 1 unspecified atom stereocenters. The van der Waals surface area contributed by atoms with Crippen molar-refractivity contribution in [3.8, 4) is 0 Å². The molecule has 0 radical (unpaired) electrons. The highest BCUT2D eigenvalue weighted by Crippen LogP contribution is 2.25. The molecule has 0 aromatic heterocycles. The molecule has 0 spiro atoms. The van der Waals surface area contributed by atoms with E-state index in [4.69, 9.17) is 0 Å². The number of aldehydes is 1. The van der Waals surface area contributed by atoms with Crippen LogP contribution in [0.4, 0.5) is 5.69 Å². The van der Waals surface area contributed by atoms with Gasteiger partial charge in [0.25, 0.3) is 11.8 Å². The Kier molecular flexibility index (Phi) is 7.57. The minimum atomic E-state index is -1.83. The van der Waals surface area contributed by atoms with E-state index < -0.39 is 13.0 Å². The minimum Gasteiger partial charge on any atom is -0.423 e. The van der Waals surface area contributed by atoms with Gasteiger partial charge in [0.1, 0.15) is 6.29 Å². The van der Waals surface area contributed by atoms with Gasteiger partial charge in [-0.1, -0.05) is 18.2 Å². The van der Waals surface area contributed by atoms with Crippen LogP contribution in [0.25, 0.3) is 0 Å². The summed E-state index contributed by atoms with van der Waals surface area (Å²) in [5.74, 6) is -0.741. The summed E-state index contributed by atoms with van der Waals surface area (Å²) >= 11 is 0. The lowest BCUT2D eigenvalue weighted by atomic mass is 9.77. The molecule has 1 atom stereocenters. The highest BCUT2D eigenvalue weighted by molar-refractivity contribution is 6.60. The molecule has 1 heterocycles. The number of aliphatic hydroxyl groups is 1. The van der Waals surface area contributed by atoms with Crippen LogP contribution in [0.2, 0.25) is 0 Å². The predicted octanol–water partition coefficient (Wildman–Crippen LogP) is 0.808. The lowest BCUT2D eigenvalue weighted by Crippen LogP contribution is -2.44. The van der Waals surface area contributed by atoms with E-state index >= 15 is 0 Å². The van der Waals surface area contributed by atoms with Crippen LogP contribution in [0.15, 0.2) is 42.5 Å². The van der Waals surface area contributed by atoms with E-state index in [-0.39, 0.29) is 35.1 Å². The Bertz CT molecular complexity index is 963. The molecule has 3 rings (SSSR count). The number of amides is 2. The molecule has 0 saturated carbocycles. The molecule has 1 aliphatic rings. The second-order valence-electron chi connectivity index (χ2n) is 7.50. The molecule has 4 N–H and O–H groups in total. The lowest BCUT2D eigenvalue weighted by Gasteiger charge is -2.36. The van der Waals surface area contributed by atoms with E-state index in [2.05, 4.69) is 5.32 Å². The van der Waals surface area contributed by atoms with Crippen molar-refractivity contribution in [3.63, 3.8) is 0 Å². The number of aliphatic hydroxyl groups excluding tert-OH is 1. The largest absolute Gasteiger partial charge is 0.489 e. The molecule has 0 bridgehead atoms. The van der Waals surface area contributed by atoms with Crippen LogP contribution < -0.4 is 10.8 Å². The van der Waals surface area contributed by atoms with E-state index in [0.717, 1.165) is 19.3 Å². The monoisotopic (exact) mass is 424 g/mol. The van der Waals surface area contributed by atoms with Crippen molar-refractivity contribution in [2.45, 2.75) is 31.7 Å². The van der Waals surface area contributed by atoms with E-state index in [1.165, 1.54) is 18.2 Å². The van der Waals surface area contributed by atoms with Gasteiger partial charge in [0, 0.05) is 30.3 Å². The minimum absolute atomic E-state index is 0.00199. The van der Waals surface area contributed by atoms with Gasteiger partial charge in [-0.3, -0.25) is 14.4 Å². The third-order valence-electron chi connectivity index (χ3n) is 5.51. The summed E-state index contributed by atoms with van der Waals surface area (Å²) in [5.41, 5.74) is 0.822. The molecule has 2 amide bonds. The molecule has 2 aromatic rings. The van der Waals surface area contributed by atoms with E-state index in [9.17, 15) is 29.5 Å². The summed E-state index contributed by atoms with van der Waals surface area (Å²) in [6, 6.07) is 10.6. The first-order valence-electron chi connectivity index (χ1n) is 10.2. The van der Waals surface area contributed by atoms with Crippen LogP contribution in [-0.4, -0.2) is 64.5 Å². The third-order valence-corrected chi connectivity index (χ3v) is 5.51. The maximum Gasteiger partial charge on any atom is 0.489 e. The average Bonchev–Trinajstić information content (AvgIpc) is 2.79. The Morgan fingerprint density at radius 2 is 1.94 bits per heavy atom. The Morgan fingerprint density at radius 1 is 1.16 bits per heavy atom. The number of nitrogens with one attached hydrogen (secondary N) is 1. The van der Waals surface area contributed by atoms with Gasteiger partial charge in [-0.2, -0.15) is 0 Å². The Morgan fingerprint density at radius 3 is 2.65 bits per heavy atom. The molecule has 31 heavy (non-hydrogen) atoms. The Balaban J connectivity index is 1.84. The third kappa shape index (κ3) is 5.19. The van der Waals surface area contributed by atoms with E-state index in [1.54, 1.807) is 29.2 Å². The number of hydrogen-bond donors (Lipinski definition) is 4. The molecule has 1 saturated heterocycles. The molecule has 1 aliphatic heterocycles. The van der Waals surface area contributed by atoms with Crippen LogP contribution in [-0.2, 0) is 0 Å². The highest BCUT2D eigenvalue weighted by atomic mass is 16.4. The van der Waals surface area contributed by atoms with Gasteiger partial charge in [-0.05, 0) is 55.4 Å². The topological polar surface area (TPSA) is 127 Å². The molecule has 2 aromatic carbocycles. The fourth-order valence-corrected chi connectivity index (χ4v) is 3.90. The summed E-state index contributed by atoms with van der Waals surface area (Å²) < 4.78 is 0. The first-order chi connectivity index (χ1) is 15.0. The van der Waals surface area contributed by atoms with Crippen molar-refractivity contribution in [1.82, 2.24) is 4.90 Å². The maximum atomic E-state index is 13.2. The molecule has 8 nitrogen and oxygen atoms in total. The SMILES string of the molecule is O=Cc1cc(C(=O)Nc2ccccc2C(=O)N2CCCCC2CCO)ccc1B(O)O. The zero-order valence-corrected chi connectivity index (χ0v) is 17.0. The molecule has 162 valence electrons. The van der Waals surface area contributed by atoms with Gasteiger partial charge in [-0.25, -0.2) is 0 Å². The number of carbonyl (C=O) groups excluding carboxylic acids is 3. The van der Waals surface area contributed by atoms with Gasteiger partial charge >= 0.3 is 7.12 Å². The molecular formula is C22H25BN2O6. The van der Waals surface area contributed by atoms with Gasteiger partial charge < -0.3 is 25.4 Å². The normalized spacial score (nSPS) is 16.0. The first kappa shape index (κ1) is 22.7. The van der Waals surface area contributed by atoms with Crippen LogP contribution >= 0.6 is 0 Å². The van der Waals surface area contributed by atoms with Crippen molar-refractivity contribution < 1.29 is 29.5 Å². The van der Waals surface area contributed by atoms with Crippen molar-refractivity contribution in [2.24, 2.45) is 0 Å². The number of nitrogens with zero attached hydrogens (tertiary/aromatic N) is 1. The van der Waals surface area contributed by atoms with E-state index in [0.29, 0.717) is 30.5 Å². The number of para-hydroxylation sites is 1. The zero-order chi connectivity index (χ0) is 22.4. The fraction of sp³-hybridized carbons (Fsp3) is 0.318. The number of rotatable bonds is 7. The van der Waals surface area contributed by atoms with Crippen LogP contribution in [0.3, 0.4) is 0 Å². The summed E-state index contributed by atoms with van der Waals surface area (Å²) in [4.78, 5) is 39.0. The molecular weight excluding hydrogens is 399 g/mol. The average molecular weight is 424 g/mol. The number of likely N-dealkylation sites (tertiary alicyclic amines) is 1. The fourth-order valence-electron chi connectivity index (χ4n) is 3.90. The summed E-state index contributed by atoms with van der Waals surface area (Å²) in [7, 11) is -1.83. The van der Waals surface area contributed by atoms with Crippen molar-refractivity contribution in [3.05, 3.63) is 59.2 Å². The summed E-state index contributed by atoms with van der Waals surface area (Å²) in [6.45, 7) is 0.601. The lowest BCUT2D eigenvalue weighted by molar-refractivity contribution is 0.0575. The smallest absolute Gasteiger partial charge is 0.423 e. The number of anilines is 1. The summed E-state index contributed by atoms with van der Waals surface area (Å²) in [6.07, 6.45) is 3.68. The maximum absolute atomic E-state index is 13.2. The highest BCUT2D eigenvalue weighted by Gasteiger charge is 2.28. The Hall–Kier alpha value is -3.01. The van der Waals surface area contributed by atoms with Gasteiger partial charge in [0.05, 0.1) is 11.3 Å². The van der Waals surface area contributed by atoms with Crippen LogP contribution in [0, 0.1) is 0 Å². The van der Waals surface area contributed by atoms with Gasteiger partial charge in [0.15, 0.2) is 0 Å². The molecule has 9 heteroatoms. The molecule has 0 aliphatic carbocycles. The quantitative estimate of drug-likeness (QED) is 0.385. The van der Waals surface area contributed by atoms with Gasteiger partial charge in [-0.15, -0.1) is 0 Å². The predicted molar refractivity (Wildman–Crippen MR) is 116 cm³/mol. The van der Waals surface area contributed by atoms with Crippen LogP contribution in [0.1, 0.15) is 56.8 Å². The summed E-state index contributed by atoms with van der Waals surface area (Å²) in [5, 5.41) is 30.7. The van der Waals surface area contributed by atoms with E-state index in [1.807, 2.05) is 0 Å². The van der Waals surface area contributed by atoms with Crippen molar-refractivity contribution in [2.75, 3.05) is 18.5 Å². The first-order valence-corrected chi connectivity index (χ1v) is 10.2. The number of benzene rings is 2. The van der Waals surface area contributed by atoms with Crippen LogP contribution in [0.5, 0.6) is 0 Å². The zero-order valence-electron chi connectivity index (χ0n) is 17.0. The second kappa shape index (κ2) is 10.3. The standard InChI is InChI=1S/C22H25BN2O6/c26-12-10-17-5-3-4-11-25(17)22(29)18-6-1-2-7-20(18)24-21(28)15-8-9-19(23(30)31)16(13-15)14-27/h1-2,6-9,13-14,17,26,30-31H,3-5,10-12H2,(H,24,28). The van der Waals surface area contributed by atoms with Gasteiger partial charge in [0.2, 0.25) is 0 Å². The number of carbonyl (C=O) groups is 3. The van der Waals surface area contributed by atoms with Crippen molar-refractivity contribution in [1.29, 1.82) is 0 Å². The Labute approximate surface area is 180 Å². The molecule has 1 fully saturated rings. The second-order valence-corrected chi connectivity index (χ2v) is 7.50. The number of hydrogen-bond acceptors (Lipinski definition) is 6.